The number of aliphatic hydroxyl groups is 1. The Hall–Kier alpha value is -1.55. The van der Waals surface area contributed by atoms with Crippen molar-refractivity contribution in [1.82, 2.24) is 0 Å². The highest BCUT2D eigenvalue weighted by atomic mass is 16.2. The Morgan fingerprint density at radius 2 is 2.13 bits per heavy atom. The van der Waals surface area contributed by atoms with Gasteiger partial charge in [0, 0.05) is 19.3 Å². The fourth-order valence-electron chi connectivity index (χ4n) is 1.44. The molecule has 1 rings (SSSR count). The molecule has 4 heteroatoms. The quantitative estimate of drug-likeness (QED) is 0.778. The molecule has 0 radical (unpaired) electrons. The highest BCUT2D eigenvalue weighted by molar-refractivity contribution is 5.90. The molecule has 0 saturated heterocycles. The number of urea groups is 1. The number of amides is 2. The van der Waals surface area contributed by atoms with Crippen molar-refractivity contribution in [2.24, 2.45) is 5.73 Å². The number of hydrogen-bond donors (Lipinski definition) is 2. The van der Waals surface area contributed by atoms with Crippen LogP contribution < -0.4 is 10.6 Å². The minimum absolute atomic E-state index is 0.147. The average Bonchev–Trinajstić information content (AvgIpc) is 2.25. The van der Waals surface area contributed by atoms with Crippen LogP contribution in [0.5, 0.6) is 0 Å². The number of carbonyl (C=O) groups excluding carboxylic acids is 1. The van der Waals surface area contributed by atoms with E-state index < -0.39 is 6.03 Å². The molecular weight excluding hydrogens is 192 g/mol. The molecule has 0 aliphatic heterocycles. The van der Waals surface area contributed by atoms with Crippen LogP contribution >= 0.6 is 0 Å². The topological polar surface area (TPSA) is 66.6 Å². The van der Waals surface area contributed by atoms with Gasteiger partial charge in [-0.2, -0.15) is 0 Å². The zero-order valence-electron chi connectivity index (χ0n) is 8.81. The van der Waals surface area contributed by atoms with Gasteiger partial charge in [0.25, 0.3) is 0 Å². The summed E-state index contributed by atoms with van der Waals surface area (Å²) in [6.07, 6.45) is 1.42. The number of nitrogens with two attached hydrogens (primary N) is 1. The van der Waals surface area contributed by atoms with Gasteiger partial charge in [-0.25, -0.2) is 4.79 Å². The Labute approximate surface area is 89.3 Å². The van der Waals surface area contributed by atoms with E-state index in [1.54, 1.807) is 7.05 Å². The third kappa shape index (κ3) is 2.95. The highest BCUT2D eigenvalue weighted by Crippen LogP contribution is 2.20. The second-order valence-electron chi connectivity index (χ2n) is 3.35. The molecule has 0 aliphatic rings. The number of benzene rings is 1. The normalized spacial score (nSPS) is 10.0. The largest absolute Gasteiger partial charge is 0.396 e. The zero-order chi connectivity index (χ0) is 11.3. The number of carbonyl (C=O) groups is 1. The number of aryl methyl sites for hydroxylation is 1. The molecule has 4 nitrogen and oxygen atoms in total. The van der Waals surface area contributed by atoms with Crippen molar-refractivity contribution in [3.05, 3.63) is 29.8 Å². The lowest BCUT2D eigenvalue weighted by Crippen LogP contribution is -2.32. The summed E-state index contributed by atoms with van der Waals surface area (Å²) in [5.41, 5.74) is 7.03. The number of nitrogens with zero attached hydrogens (tertiary/aromatic N) is 1. The molecule has 0 spiro atoms. The first-order chi connectivity index (χ1) is 7.16. The van der Waals surface area contributed by atoms with Crippen LogP contribution in [0.15, 0.2) is 24.3 Å². The lowest BCUT2D eigenvalue weighted by Gasteiger charge is -2.18. The fraction of sp³-hybridized carbons (Fsp3) is 0.364. The second kappa shape index (κ2) is 5.36. The van der Waals surface area contributed by atoms with Crippen LogP contribution in [0.2, 0.25) is 0 Å². The Morgan fingerprint density at radius 3 is 2.73 bits per heavy atom. The minimum Gasteiger partial charge on any atom is -0.396 e. The molecule has 0 aliphatic carbocycles. The Morgan fingerprint density at radius 1 is 1.47 bits per heavy atom. The van der Waals surface area contributed by atoms with Gasteiger partial charge in [0.2, 0.25) is 0 Å². The van der Waals surface area contributed by atoms with E-state index in [0.717, 1.165) is 17.7 Å². The van der Waals surface area contributed by atoms with Crippen LogP contribution in [0.25, 0.3) is 0 Å². The molecule has 0 aromatic heterocycles. The third-order valence-electron chi connectivity index (χ3n) is 2.29. The predicted octanol–water partition coefficient (Wildman–Crippen LogP) is 1.13. The summed E-state index contributed by atoms with van der Waals surface area (Å²) in [6, 6.07) is 7.07. The summed E-state index contributed by atoms with van der Waals surface area (Å²) in [4.78, 5) is 12.4. The van der Waals surface area contributed by atoms with Gasteiger partial charge in [-0.3, -0.25) is 4.90 Å². The van der Waals surface area contributed by atoms with Crippen molar-refractivity contribution in [3.8, 4) is 0 Å². The summed E-state index contributed by atoms with van der Waals surface area (Å²) in [7, 11) is 1.64. The highest BCUT2D eigenvalue weighted by Gasteiger charge is 2.10. The van der Waals surface area contributed by atoms with Crippen LogP contribution in [-0.2, 0) is 6.42 Å². The van der Waals surface area contributed by atoms with E-state index in [4.69, 9.17) is 10.8 Å². The fourth-order valence-corrected chi connectivity index (χ4v) is 1.44. The molecule has 0 saturated carbocycles. The van der Waals surface area contributed by atoms with Crippen molar-refractivity contribution in [1.29, 1.82) is 0 Å². The first kappa shape index (κ1) is 11.5. The van der Waals surface area contributed by atoms with Crippen LogP contribution in [0.1, 0.15) is 12.0 Å². The van der Waals surface area contributed by atoms with Gasteiger partial charge >= 0.3 is 6.03 Å². The maximum Gasteiger partial charge on any atom is 0.319 e. The molecule has 0 bridgehead atoms. The lowest BCUT2D eigenvalue weighted by molar-refractivity contribution is 0.255. The summed E-state index contributed by atoms with van der Waals surface area (Å²) in [5.74, 6) is 0. The van der Waals surface area contributed by atoms with Gasteiger partial charge in [0.15, 0.2) is 0 Å². The van der Waals surface area contributed by atoms with E-state index >= 15 is 0 Å². The molecule has 82 valence electrons. The van der Waals surface area contributed by atoms with Crippen molar-refractivity contribution < 1.29 is 9.90 Å². The van der Waals surface area contributed by atoms with Crippen LogP contribution in [-0.4, -0.2) is 24.8 Å². The number of para-hydroxylation sites is 1. The summed E-state index contributed by atoms with van der Waals surface area (Å²) < 4.78 is 0. The van der Waals surface area contributed by atoms with Crippen LogP contribution in [0.4, 0.5) is 10.5 Å². The van der Waals surface area contributed by atoms with Crippen molar-refractivity contribution in [3.63, 3.8) is 0 Å². The van der Waals surface area contributed by atoms with Gasteiger partial charge in [0.1, 0.15) is 0 Å². The Balaban J connectivity index is 2.90. The van der Waals surface area contributed by atoms with Crippen molar-refractivity contribution in [2.45, 2.75) is 12.8 Å². The van der Waals surface area contributed by atoms with E-state index in [9.17, 15) is 4.79 Å². The van der Waals surface area contributed by atoms with E-state index in [0.29, 0.717) is 6.42 Å². The first-order valence-corrected chi connectivity index (χ1v) is 4.88. The van der Waals surface area contributed by atoms with E-state index in [2.05, 4.69) is 0 Å². The van der Waals surface area contributed by atoms with Gasteiger partial charge in [-0.15, -0.1) is 0 Å². The maximum atomic E-state index is 11.0. The average molecular weight is 208 g/mol. The molecule has 1 aromatic rings. The molecule has 0 heterocycles. The van der Waals surface area contributed by atoms with Crippen LogP contribution in [0.3, 0.4) is 0 Å². The number of aliphatic hydroxyl groups excluding tert-OH is 1. The molecule has 1 aromatic carbocycles. The van der Waals surface area contributed by atoms with Gasteiger partial charge in [0.05, 0.1) is 0 Å². The van der Waals surface area contributed by atoms with Crippen molar-refractivity contribution in [2.75, 3.05) is 18.6 Å². The first-order valence-electron chi connectivity index (χ1n) is 4.88. The summed E-state index contributed by atoms with van der Waals surface area (Å²) >= 11 is 0. The zero-order valence-corrected chi connectivity index (χ0v) is 8.81. The number of primary amides is 1. The number of hydrogen-bond acceptors (Lipinski definition) is 2. The van der Waals surface area contributed by atoms with Crippen LogP contribution in [0, 0.1) is 0 Å². The monoisotopic (exact) mass is 208 g/mol. The summed E-state index contributed by atoms with van der Waals surface area (Å²) in [6.45, 7) is 0.147. The van der Waals surface area contributed by atoms with E-state index in [1.807, 2.05) is 24.3 Å². The molecular formula is C11H16N2O2. The summed E-state index contributed by atoms with van der Waals surface area (Å²) in [5, 5.41) is 8.76. The van der Waals surface area contributed by atoms with Crippen molar-refractivity contribution >= 4 is 11.7 Å². The smallest absolute Gasteiger partial charge is 0.319 e. The molecule has 2 amide bonds. The number of rotatable bonds is 4. The van der Waals surface area contributed by atoms with Gasteiger partial charge in [-0.1, -0.05) is 18.2 Å². The van der Waals surface area contributed by atoms with Gasteiger partial charge < -0.3 is 10.8 Å². The predicted molar refractivity (Wildman–Crippen MR) is 59.8 cm³/mol. The molecule has 3 N–H and O–H groups in total. The lowest BCUT2D eigenvalue weighted by atomic mass is 10.1. The molecule has 15 heavy (non-hydrogen) atoms. The molecule has 0 unspecified atom stereocenters. The molecule has 0 atom stereocenters. The standard InChI is InChI=1S/C11H16N2O2/c1-13(11(12)15)10-7-3-2-5-9(10)6-4-8-14/h2-3,5,7,14H,4,6,8H2,1H3,(H2,12,15). The Kier molecular flexibility index (Phi) is 4.12. The van der Waals surface area contributed by atoms with E-state index in [1.165, 1.54) is 4.90 Å². The van der Waals surface area contributed by atoms with E-state index in [-0.39, 0.29) is 6.61 Å². The Bertz CT molecular complexity index is 339. The number of anilines is 1. The maximum absolute atomic E-state index is 11.0. The minimum atomic E-state index is -0.480. The third-order valence-corrected chi connectivity index (χ3v) is 2.29. The SMILES string of the molecule is CN(C(N)=O)c1ccccc1CCCO. The van der Waals surface area contributed by atoms with Gasteiger partial charge in [-0.05, 0) is 24.5 Å². The second-order valence-corrected chi connectivity index (χ2v) is 3.35. The molecule has 0 fully saturated rings.